The molecule has 0 saturated carbocycles. The van der Waals surface area contributed by atoms with Crippen molar-refractivity contribution in [3.05, 3.63) is 65.5 Å². The number of hydrogen-bond donors (Lipinski definition) is 2. The third-order valence-corrected chi connectivity index (χ3v) is 6.13. The molecule has 5 heteroatoms. The number of carbonyl (C=O) groups is 1. The molecule has 0 aliphatic carbocycles. The molecule has 1 unspecified atom stereocenters. The van der Waals surface area contributed by atoms with Crippen LogP contribution in [0.4, 0.5) is 10.1 Å². The van der Waals surface area contributed by atoms with Crippen LogP contribution in [0.15, 0.2) is 48.5 Å². The molecule has 1 amide bonds. The van der Waals surface area contributed by atoms with E-state index in [1.165, 1.54) is 24.1 Å². The van der Waals surface area contributed by atoms with E-state index in [-0.39, 0.29) is 17.8 Å². The summed E-state index contributed by atoms with van der Waals surface area (Å²) in [6, 6.07) is 15.4. The highest BCUT2D eigenvalue weighted by Gasteiger charge is 2.21. The molecular weight excluding hydrogens is 365 g/mol. The first-order chi connectivity index (χ1) is 14.2. The molecule has 0 radical (unpaired) electrons. The summed E-state index contributed by atoms with van der Waals surface area (Å²) in [7, 11) is 0. The number of benzene rings is 2. The zero-order valence-corrected chi connectivity index (χ0v) is 16.9. The minimum Gasteiger partial charge on any atom is -0.371 e. The van der Waals surface area contributed by atoms with Crippen molar-refractivity contribution in [1.29, 1.82) is 0 Å². The van der Waals surface area contributed by atoms with Crippen LogP contribution in [0.3, 0.4) is 0 Å². The molecular formula is C24H30FN3O. The second-order valence-corrected chi connectivity index (χ2v) is 8.36. The van der Waals surface area contributed by atoms with E-state index in [0.717, 1.165) is 62.6 Å². The van der Waals surface area contributed by atoms with Crippen LogP contribution in [0, 0.1) is 11.7 Å². The Labute approximate surface area is 172 Å². The van der Waals surface area contributed by atoms with Crippen molar-refractivity contribution in [2.75, 3.05) is 31.1 Å². The zero-order valence-electron chi connectivity index (χ0n) is 16.9. The van der Waals surface area contributed by atoms with Gasteiger partial charge in [0.15, 0.2) is 0 Å². The first kappa shape index (κ1) is 19.9. The van der Waals surface area contributed by atoms with Crippen molar-refractivity contribution in [3.63, 3.8) is 0 Å². The van der Waals surface area contributed by atoms with E-state index < -0.39 is 0 Å². The molecule has 2 saturated heterocycles. The monoisotopic (exact) mass is 395 g/mol. The molecule has 2 fully saturated rings. The Morgan fingerprint density at radius 3 is 2.34 bits per heavy atom. The van der Waals surface area contributed by atoms with Gasteiger partial charge in [-0.05, 0) is 80.1 Å². The van der Waals surface area contributed by atoms with Gasteiger partial charge in [0, 0.05) is 24.8 Å². The average Bonchev–Trinajstić information content (AvgIpc) is 3.24. The second-order valence-electron chi connectivity index (χ2n) is 8.36. The van der Waals surface area contributed by atoms with Gasteiger partial charge in [0.05, 0.1) is 6.42 Å². The number of amides is 1. The number of nitrogens with zero attached hydrogens (tertiary/aromatic N) is 1. The van der Waals surface area contributed by atoms with Gasteiger partial charge in [0.1, 0.15) is 5.82 Å². The molecule has 0 spiro atoms. The first-order valence-corrected chi connectivity index (χ1v) is 10.7. The average molecular weight is 396 g/mol. The summed E-state index contributed by atoms with van der Waals surface area (Å²) in [6.07, 6.45) is 4.63. The Morgan fingerprint density at radius 1 is 1.00 bits per heavy atom. The summed E-state index contributed by atoms with van der Waals surface area (Å²) < 4.78 is 13.1. The quantitative estimate of drug-likeness (QED) is 0.789. The van der Waals surface area contributed by atoms with Crippen LogP contribution >= 0.6 is 0 Å². The van der Waals surface area contributed by atoms with E-state index in [1.54, 1.807) is 0 Å². The fourth-order valence-electron chi connectivity index (χ4n) is 4.41. The maximum absolute atomic E-state index is 13.1. The molecule has 2 aliphatic rings. The van der Waals surface area contributed by atoms with Crippen molar-refractivity contribution in [2.24, 2.45) is 5.92 Å². The van der Waals surface area contributed by atoms with Gasteiger partial charge in [-0.15, -0.1) is 0 Å². The Balaban J connectivity index is 1.21. The summed E-state index contributed by atoms with van der Waals surface area (Å²) in [4.78, 5) is 14.7. The molecule has 0 aromatic heterocycles. The minimum atomic E-state index is -0.209. The van der Waals surface area contributed by atoms with Crippen molar-refractivity contribution >= 4 is 11.6 Å². The van der Waals surface area contributed by atoms with Crippen LogP contribution in [-0.4, -0.2) is 38.1 Å². The van der Waals surface area contributed by atoms with E-state index in [0.29, 0.717) is 6.42 Å². The lowest BCUT2D eigenvalue weighted by atomic mass is 9.97. The Kier molecular flexibility index (Phi) is 6.45. The van der Waals surface area contributed by atoms with Gasteiger partial charge in [0.25, 0.3) is 0 Å². The third-order valence-electron chi connectivity index (χ3n) is 6.13. The van der Waals surface area contributed by atoms with Gasteiger partial charge in [0.2, 0.25) is 5.91 Å². The molecule has 2 aromatic rings. The van der Waals surface area contributed by atoms with Gasteiger partial charge >= 0.3 is 0 Å². The summed E-state index contributed by atoms with van der Waals surface area (Å²) in [5.74, 6) is 0.627. The first-order valence-electron chi connectivity index (χ1n) is 10.7. The summed E-state index contributed by atoms with van der Waals surface area (Å²) >= 11 is 0. The normalized spacial score (nSPS) is 20.0. The largest absolute Gasteiger partial charge is 0.371 e. The van der Waals surface area contributed by atoms with Crippen molar-refractivity contribution in [2.45, 2.75) is 38.1 Å². The lowest BCUT2D eigenvalue weighted by Gasteiger charge is -2.34. The lowest BCUT2D eigenvalue weighted by molar-refractivity contribution is -0.121. The summed E-state index contributed by atoms with van der Waals surface area (Å²) in [6.45, 7) is 4.00. The van der Waals surface area contributed by atoms with E-state index >= 15 is 0 Å². The maximum Gasteiger partial charge on any atom is 0.224 e. The fraction of sp³-hybridized carbons (Fsp3) is 0.458. The van der Waals surface area contributed by atoms with Gasteiger partial charge in [-0.25, -0.2) is 4.39 Å². The lowest BCUT2D eigenvalue weighted by Crippen LogP contribution is -2.45. The number of nitrogens with one attached hydrogen (secondary N) is 2. The van der Waals surface area contributed by atoms with Gasteiger partial charge in [-0.1, -0.05) is 24.3 Å². The van der Waals surface area contributed by atoms with Crippen LogP contribution in [0.25, 0.3) is 0 Å². The summed E-state index contributed by atoms with van der Waals surface area (Å²) in [5, 5.41) is 6.60. The maximum atomic E-state index is 13.1. The number of anilines is 1. The standard InChI is InChI=1S/C24H30FN3O/c25-21-5-7-23(8-6-21)28-13-10-22(11-14-28)27-24(29)16-19-3-1-18(2-4-19)15-20-9-12-26-17-20/h1-8,20,22,26H,9-17H2,(H,27,29). The predicted molar refractivity (Wildman–Crippen MR) is 115 cm³/mol. The predicted octanol–water partition coefficient (Wildman–Crippen LogP) is 3.31. The number of hydrogen-bond acceptors (Lipinski definition) is 3. The SMILES string of the molecule is O=C(Cc1ccc(CC2CCNC2)cc1)NC1CCN(c2ccc(F)cc2)CC1. The van der Waals surface area contributed by atoms with Gasteiger partial charge < -0.3 is 15.5 Å². The Morgan fingerprint density at radius 2 is 1.69 bits per heavy atom. The molecule has 1 atom stereocenters. The molecule has 0 bridgehead atoms. The topological polar surface area (TPSA) is 44.4 Å². The molecule has 4 rings (SSSR count). The van der Waals surface area contributed by atoms with Crippen molar-refractivity contribution < 1.29 is 9.18 Å². The number of carbonyl (C=O) groups excluding carboxylic acids is 1. The zero-order chi connectivity index (χ0) is 20.1. The van der Waals surface area contributed by atoms with Crippen molar-refractivity contribution in [3.8, 4) is 0 Å². The van der Waals surface area contributed by atoms with Gasteiger partial charge in [-0.2, -0.15) is 0 Å². The van der Waals surface area contributed by atoms with Crippen LogP contribution in [0.5, 0.6) is 0 Å². The van der Waals surface area contributed by atoms with Gasteiger partial charge in [-0.3, -0.25) is 4.79 Å². The van der Waals surface area contributed by atoms with Crippen LogP contribution in [-0.2, 0) is 17.6 Å². The van der Waals surface area contributed by atoms with Crippen LogP contribution in [0.2, 0.25) is 0 Å². The minimum absolute atomic E-state index is 0.0953. The van der Waals surface area contributed by atoms with E-state index in [4.69, 9.17) is 0 Å². The van der Waals surface area contributed by atoms with E-state index in [9.17, 15) is 9.18 Å². The van der Waals surface area contributed by atoms with Crippen LogP contribution in [0.1, 0.15) is 30.4 Å². The summed E-state index contributed by atoms with van der Waals surface area (Å²) in [5.41, 5.74) is 3.47. The number of halogens is 1. The smallest absolute Gasteiger partial charge is 0.224 e. The second kappa shape index (κ2) is 9.40. The molecule has 154 valence electrons. The van der Waals surface area contributed by atoms with Crippen molar-refractivity contribution in [1.82, 2.24) is 10.6 Å². The highest BCUT2D eigenvalue weighted by Crippen LogP contribution is 2.20. The number of rotatable bonds is 6. The third kappa shape index (κ3) is 5.57. The molecule has 29 heavy (non-hydrogen) atoms. The van der Waals surface area contributed by atoms with E-state index in [1.807, 2.05) is 12.1 Å². The Bertz CT molecular complexity index is 792. The molecule has 2 N–H and O–H groups in total. The molecule has 4 nitrogen and oxygen atoms in total. The van der Waals surface area contributed by atoms with E-state index in [2.05, 4.69) is 39.8 Å². The van der Waals surface area contributed by atoms with Crippen LogP contribution < -0.4 is 15.5 Å². The fourth-order valence-corrected chi connectivity index (χ4v) is 4.41. The molecule has 2 heterocycles. The highest BCUT2D eigenvalue weighted by molar-refractivity contribution is 5.78. The molecule has 2 aromatic carbocycles. The highest BCUT2D eigenvalue weighted by atomic mass is 19.1. The molecule has 2 aliphatic heterocycles. The Hall–Kier alpha value is -2.40. The number of piperidine rings is 1.